The van der Waals surface area contributed by atoms with E-state index >= 15 is 0 Å². The highest BCUT2D eigenvalue weighted by Crippen LogP contribution is 2.21. The molecule has 1 atom stereocenters. The fourth-order valence-corrected chi connectivity index (χ4v) is 2.39. The van der Waals surface area contributed by atoms with Gasteiger partial charge in [-0.2, -0.15) is 0 Å². The van der Waals surface area contributed by atoms with E-state index in [1.807, 2.05) is 0 Å². The summed E-state index contributed by atoms with van der Waals surface area (Å²) in [6, 6.07) is -0.998. The van der Waals surface area contributed by atoms with Gasteiger partial charge in [-0.1, -0.05) is 20.8 Å². The SMILES string of the molecule is CCN(CC(=O)O)C(=O)C(NS(C)(=O)=O)C(C)(C)C. The van der Waals surface area contributed by atoms with E-state index in [1.165, 1.54) is 0 Å². The lowest BCUT2D eigenvalue weighted by molar-refractivity contribution is -0.146. The highest BCUT2D eigenvalue weighted by molar-refractivity contribution is 7.88. The van der Waals surface area contributed by atoms with Gasteiger partial charge in [0, 0.05) is 6.54 Å². The second kappa shape index (κ2) is 6.33. The Morgan fingerprint density at radius 2 is 1.79 bits per heavy atom. The van der Waals surface area contributed by atoms with Gasteiger partial charge in [0.15, 0.2) is 0 Å². The first-order valence-corrected chi connectivity index (χ1v) is 7.75. The van der Waals surface area contributed by atoms with Gasteiger partial charge in [0.2, 0.25) is 15.9 Å². The summed E-state index contributed by atoms with van der Waals surface area (Å²) in [5.41, 5.74) is -0.661. The van der Waals surface area contributed by atoms with E-state index in [9.17, 15) is 18.0 Å². The third-order valence-corrected chi connectivity index (χ3v) is 3.13. The molecule has 0 saturated carbocycles. The maximum atomic E-state index is 12.3. The molecule has 0 radical (unpaired) electrons. The molecule has 0 bridgehead atoms. The second-order valence-electron chi connectivity index (χ2n) is 5.44. The molecule has 7 nitrogen and oxygen atoms in total. The summed E-state index contributed by atoms with van der Waals surface area (Å²) in [5, 5.41) is 8.75. The Kier molecular flexibility index (Phi) is 5.95. The van der Waals surface area contributed by atoms with Gasteiger partial charge in [-0.15, -0.1) is 0 Å². The molecule has 112 valence electrons. The van der Waals surface area contributed by atoms with Gasteiger partial charge in [-0.05, 0) is 12.3 Å². The zero-order valence-electron chi connectivity index (χ0n) is 11.9. The number of sulfonamides is 1. The summed E-state index contributed by atoms with van der Waals surface area (Å²) in [5.74, 6) is -1.68. The van der Waals surface area contributed by atoms with Crippen molar-refractivity contribution in [3.63, 3.8) is 0 Å². The molecule has 8 heteroatoms. The van der Waals surface area contributed by atoms with Crippen LogP contribution in [0.5, 0.6) is 0 Å². The lowest BCUT2D eigenvalue weighted by Gasteiger charge is -2.33. The van der Waals surface area contributed by atoms with E-state index in [4.69, 9.17) is 5.11 Å². The van der Waals surface area contributed by atoms with Crippen LogP contribution >= 0.6 is 0 Å². The number of hydrogen-bond donors (Lipinski definition) is 2. The molecule has 0 spiro atoms. The maximum Gasteiger partial charge on any atom is 0.323 e. The number of nitrogens with zero attached hydrogens (tertiary/aromatic N) is 1. The highest BCUT2D eigenvalue weighted by Gasteiger charge is 2.36. The third-order valence-electron chi connectivity index (χ3n) is 2.46. The molecule has 2 N–H and O–H groups in total. The van der Waals surface area contributed by atoms with Crippen molar-refractivity contribution in [2.45, 2.75) is 33.7 Å². The van der Waals surface area contributed by atoms with E-state index < -0.39 is 39.9 Å². The molecule has 1 amide bonds. The number of aliphatic carboxylic acids is 1. The average Bonchev–Trinajstić information content (AvgIpc) is 2.18. The second-order valence-corrected chi connectivity index (χ2v) is 7.22. The third kappa shape index (κ3) is 6.53. The monoisotopic (exact) mass is 294 g/mol. The van der Waals surface area contributed by atoms with Crippen LogP contribution in [-0.2, 0) is 19.6 Å². The molecule has 0 aromatic carbocycles. The molecular formula is C11H22N2O5S. The molecule has 0 heterocycles. The molecule has 0 saturated heterocycles. The van der Waals surface area contributed by atoms with E-state index in [-0.39, 0.29) is 6.54 Å². The summed E-state index contributed by atoms with van der Waals surface area (Å²) >= 11 is 0. The number of carbonyl (C=O) groups excluding carboxylic acids is 1. The van der Waals surface area contributed by atoms with Crippen molar-refractivity contribution in [2.24, 2.45) is 5.41 Å². The topological polar surface area (TPSA) is 104 Å². The minimum Gasteiger partial charge on any atom is -0.480 e. The van der Waals surface area contributed by atoms with Crippen LogP contribution < -0.4 is 4.72 Å². The Bertz CT molecular complexity index is 438. The largest absolute Gasteiger partial charge is 0.480 e. The van der Waals surface area contributed by atoms with Gasteiger partial charge >= 0.3 is 5.97 Å². The van der Waals surface area contributed by atoms with Crippen molar-refractivity contribution >= 4 is 21.9 Å². The number of amides is 1. The number of nitrogens with one attached hydrogen (secondary N) is 1. The number of carboxylic acids is 1. The van der Waals surface area contributed by atoms with Crippen molar-refractivity contribution in [1.82, 2.24) is 9.62 Å². The maximum absolute atomic E-state index is 12.3. The fraction of sp³-hybridized carbons (Fsp3) is 0.818. The number of rotatable bonds is 6. The molecule has 19 heavy (non-hydrogen) atoms. The molecule has 0 aliphatic rings. The Hall–Kier alpha value is -1.15. The zero-order chi connectivity index (χ0) is 15.4. The van der Waals surface area contributed by atoms with Crippen molar-refractivity contribution in [3.05, 3.63) is 0 Å². The van der Waals surface area contributed by atoms with Crippen LogP contribution in [0.3, 0.4) is 0 Å². The summed E-state index contributed by atoms with van der Waals surface area (Å²) in [6.45, 7) is 6.52. The quantitative estimate of drug-likeness (QED) is 0.711. The molecule has 0 aliphatic heterocycles. The van der Waals surface area contributed by atoms with Gasteiger partial charge in [0.1, 0.15) is 12.6 Å². The summed E-state index contributed by atoms with van der Waals surface area (Å²) in [4.78, 5) is 24.1. The molecule has 0 aromatic heterocycles. The smallest absolute Gasteiger partial charge is 0.323 e. The first-order chi connectivity index (χ1) is 8.38. The molecule has 0 aromatic rings. The lowest BCUT2D eigenvalue weighted by atomic mass is 9.86. The number of hydrogen-bond acceptors (Lipinski definition) is 4. The summed E-state index contributed by atoms with van der Waals surface area (Å²) in [6.07, 6.45) is 0.965. The molecule has 0 rings (SSSR count). The van der Waals surface area contributed by atoms with E-state index in [0.717, 1.165) is 11.2 Å². The van der Waals surface area contributed by atoms with Crippen LogP contribution in [0, 0.1) is 5.41 Å². The van der Waals surface area contributed by atoms with Crippen LogP contribution in [-0.4, -0.2) is 55.7 Å². The van der Waals surface area contributed by atoms with Crippen molar-refractivity contribution in [1.29, 1.82) is 0 Å². The molecule has 0 fully saturated rings. The van der Waals surface area contributed by atoms with Gasteiger partial charge in [0.05, 0.1) is 6.26 Å². The van der Waals surface area contributed by atoms with Crippen LogP contribution in [0.1, 0.15) is 27.7 Å². The Labute approximate surface area is 114 Å². The van der Waals surface area contributed by atoms with Gasteiger partial charge in [0.25, 0.3) is 0 Å². The minimum atomic E-state index is -3.57. The molecule has 1 unspecified atom stereocenters. The Balaban J connectivity index is 5.26. The normalized spacial score (nSPS) is 13.9. The highest BCUT2D eigenvalue weighted by atomic mass is 32.2. The number of carbonyl (C=O) groups is 2. The van der Waals surface area contributed by atoms with Gasteiger partial charge in [-0.25, -0.2) is 13.1 Å². The predicted octanol–water partition coefficient (Wildman–Crippen LogP) is -0.117. The van der Waals surface area contributed by atoms with Crippen LogP contribution in [0.15, 0.2) is 0 Å². The first kappa shape index (κ1) is 17.8. The minimum absolute atomic E-state index is 0.198. The number of carboxylic acid groups (broad SMARTS) is 1. The zero-order valence-corrected chi connectivity index (χ0v) is 12.7. The van der Waals surface area contributed by atoms with E-state index in [1.54, 1.807) is 27.7 Å². The standard InChI is InChI=1S/C11H22N2O5S/c1-6-13(7-8(14)15)10(16)9(11(2,3)4)12-19(5,17)18/h9,12H,6-7H2,1-5H3,(H,14,15). The first-order valence-electron chi connectivity index (χ1n) is 5.86. The Morgan fingerprint density at radius 3 is 2.05 bits per heavy atom. The average molecular weight is 294 g/mol. The van der Waals surface area contributed by atoms with E-state index in [2.05, 4.69) is 4.72 Å². The van der Waals surface area contributed by atoms with Crippen molar-refractivity contribution < 1.29 is 23.1 Å². The Morgan fingerprint density at radius 1 is 1.32 bits per heavy atom. The van der Waals surface area contributed by atoms with Gasteiger partial charge < -0.3 is 10.0 Å². The lowest BCUT2D eigenvalue weighted by Crippen LogP contribution is -2.55. The summed E-state index contributed by atoms with van der Waals surface area (Å²) < 4.78 is 24.9. The van der Waals surface area contributed by atoms with Crippen molar-refractivity contribution in [3.8, 4) is 0 Å². The van der Waals surface area contributed by atoms with Crippen LogP contribution in [0.25, 0.3) is 0 Å². The van der Waals surface area contributed by atoms with Gasteiger partial charge in [-0.3, -0.25) is 9.59 Å². The molecule has 0 aliphatic carbocycles. The van der Waals surface area contributed by atoms with Crippen molar-refractivity contribution in [2.75, 3.05) is 19.3 Å². The van der Waals surface area contributed by atoms with Crippen LogP contribution in [0.4, 0.5) is 0 Å². The summed E-state index contributed by atoms with van der Waals surface area (Å²) in [7, 11) is -3.57. The molecular weight excluding hydrogens is 272 g/mol. The predicted molar refractivity (Wildman–Crippen MR) is 71.1 cm³/mol. The number of likely N-dealkylation sites (N-methyl/N-ethyl adjacent to an activating group) is 1. The van der Waals surface area contributed by atoms with E-state index in [0.29, 0.717) is 0 Å². The fourth-order valence-electron chi connectivity index (χ4n) is 1.50. The van der Waals surface area contributed by atoms with Crippen LogP contribution in [0.2, 0.25) is 0 Å².